The first kappa shape index (κ1) is 16.3. The summed E-state index contributed by atoms with van der Waals surface area (Å²) < 4.78 is 5.78. The average Bonchev–Trinajstić information content (AvgIpc) is 3.05. The highest BCUT2D eigenvalue weighted by molar-refractivity contribution is 7.80. The van der Waals surface area contributed by atoms with Gasteiger partial charge in [-0.25, -0.2) is 4.98 Å². The van der Waals surface area contributed by atoms with Gasteiger partial charge in [-0.2, -0.15) is 0 Å². The Morgan fingerprint density at radius 2 is 1.96 bits per heavy atom. The number of rotatable bonds is 4. The van der Waals surface area contributed by atoms with Crippen LogP contribution in [-0.2, 0) is 6.54 Å². The van der Waals surface area contributed by atoms with Crippen molar-refractivity contribution in [3.8, 4) is 17.1 Å². The SMILES string of the molecule is Oc1cccnc1NC(=S)NCc1ccc(-c2ccc(Cl)cc2)o1. The molecule has 122 valence electrons. The monoisotopic (exact) mass is 359 g/mol. The van der Waals surface area contributed by atoms with E-state index >= 15 is 0 Å². The third-order valence-corrected chi connectivity index (χ3v) is 3.73. The van der Waals surface area contributed by atoms with Gasteiger partial charge in [-0.05, 0) is 60.7 Å². The van der Waals surface area contributed by atoms with Gasteiger partial charge < -0.3 is 20.2 Å². The molecule has 5 nitrogen and oxygen atoms in total. The van der Waals surface area contributed by atoms with E-state index in [1.807, 2.05) is 36.4 Å². The quantitative estimate of drug-likeness (QED) is 0.607. The van der Waals surface area contributed by atoms with E-state index in [-0.39, 0.29) is 5.75 Å². The van der Waals surface area contributed by atoms with Gasteiger partial charge in [0, 0.05) is 16.8 Å². The second kappa shape index (κ2) is 7.33. The van der Waals surface area contributed by atoms with Crippen molar-refractivity contribution in [2.24, 2.45) is 0 Å². The molecular weight excluding hydrogens is 346 g/mol. The third kappa shape index (κ3) is 4.04. The van der Waals surface area contributed by atoms with Gasteiger partial charge in [0.2, 0.25) is 0 Å². The number of thiocarbonyl (C=S) groups is 1. The van der Waals surface area contributed by atoms with Crippen LogP contribution in [-0.4, -0.2) is 15.2 Å². The molecule has 0 atom stereocenters. The molecule has 0 amide bonds. The maximum absolute atomic E-state index is 9.65. The van der Waals surface area contributed by atoms with Gasteiger partial charge in [0.25, 0.3) is 0 Å². The fourth-order valence-electron chi connectivity index (χ4n) is 2.05. The van der Waals surface area contributed by atoms with Crippen LogP contribution < -0.4 is 10.6 Å². The maximum Gasteiger partial charge on any atom is 0.174 e. The van der Waals surface area contributed by atoms with Gasteiger partial charge >= 0.3 is 0 Å². The summed E-state index contributed by atoms with van der Waals surface area (Å²) in [5.74, 6) is 1.82. The first-order chi connectivity index (χ1) is 11.6. The number of nitrogens with one attached hydrogen (secondary N) is 2. The molecule has 0 bridgehead atoms. The fraction of sp³-hybridized carbons (Fsp3) is 0.0588. The number of benzene rings is 1. The molecule has 2 aromatic heterocycles. The number of pyridine rings is 1. The molecular formula is C17H14ClN3O2S. The highest BCUT2D eigenvalue weighted by atomic mass is 35.5. The molecule has 0 aliphatic rings. The number of hydrogen-bond acceptors (Lipinski definition) is 4. The van der Waals surface area contributed by atoms with E-state index in [9.17, 15) is 5.11 Å². The summed E-state index contributed by atoms with van der Waals surface area (Å²) >= 11 is 11.1. The highest BCUT2D eigenvalue weighted by Crippen LogP contribution is 2.24. The van der Waals surface area contributed by atoms with Gasteiger partial charge in [-0.3, -0.25) is 0 Å². The highest BCUT2D eigenvalue weighted by Gasteiger charge is 2.07. The molecule has 3 aromatic rings. The standard InChI is InChI=1S/C17H14ClN3O2S/c18-12-5-3-11(4-6-12)15-8-7-13(23-15)10-20-17(24)21-16-14(22)2-1-9-19-16/h1-9,22H,10H2,(H2,19,20,21,24). The lowest BCUT2D eigenvalue weighted by molar-refractivity contribution is 0.475. The Labute approximate surface area is 149 Å². The van der Waals surface area contributed by atoms with Crippen molar-refractivity contribution < 1.29 is 9.52 Å². The van der Waals surface area contributed by atoms with Crippen molar-refractivity contribution in [1.82, 2.24) is 10.3 Å². The van der Waals surface area contributed by atoms with Gasteiger partial charge in [-0.15, -0.1) is 0 Å². The second-order valence-corrected chi connectivity index (χ2v) is 5.80. The Morgan fingerprint density at radius 3 is 2.71 bits per heavy atom. The van der Waals surface area contributed by atoms with Crippen LogP contribution in [0, 0.1) is 0 Å². The molecule has 24 heavy (non-hydrogen) atoms. The smallest absolute Gasteiger partial charge is 0.174 e. The molecule has 0 spiro atoms. The van der Waals surface area contributed by atoms with Crippen LogP contribution in [0.5, 0.6) is 5.75 Å². The van der Waals surface area contributed by atoms with Crippen LogP contribution in [0.25, 0.3) is 11.3 Å². The van der Waals surface area contributed by atoms with E-state index in [4.69, 9.17) is 28.2 Å². The lowest BCUT2D eigenvalue weighted by Crippen LogP contribution is -2.28. The minimum absolute atomic E-state index is 0.0321. The van der Waals surface area contributed by atoms with Crippen molar-refractivity contribution in [2.45, 2.75) is 6.54 Å². The summed E-state index contributed by atoms with van der Waals surface area (Å²) in [7, 11) is 0. The Hall–Kier alpha value is -2.57. The van der Waals surface area contributed by atoms with Gasteiger partial charge in [0.1, 0.15) is 11.5 Å². The molecule has 1 aromatic carbocycles. The van der Waals surface area contributed by atoms with E-state index in [0.29, 0.717) is 22.5 Å². The van der Waals surface area contributed by atoms with Gasteiger partial charge in [0.15, 0.2) is 16.7 Å². The number of aromatic nitrogens is 1. The molecule has 0 aliphatic heterocycles. The summed E-state index contributed by atoms with van der Waals surface area (Å²) in [5, 5.41) is 16.5. The summed E-state index contributed by atoms with van der Waals surface area (Å²) in [6.07, 6.45) is 1.57. The topological polar surface area (TPSA) is 70.3 Å². The molecule has 2 heterocycles. The summed E-state index contributed by atoms with van der Waals surface area (Å²) in [5.41, 5.74) is 0.949. The first-order valence-corrected chi connectivity index (χ1v) is 7.94. The summed E-state index contributed by atoms with van der Waals surface area (Å²) in [6, 6.07) is 14.4. The predicted molar refractivity (Wildman–Crippen MR) is 98.1 cm³/mol. The van der Waals surface area contributed by atoms with Crippen LogP contribution in [0.15, 0.2) is 59.1 Å². The van der Waals surface area contributed by atoms with Gasteiger partial charge in [-0.1, -0.05) is 11.6 Å². The van der Waals surface area contributed by atoms with Gasteiger partial charge in [0.05, 0.1) is 6.54 Å². The third-order valence-electron chi connectivity index (χ3n) is 3.23. The predicted octanol–water partition coefficient (Wildman–Crippen LogP) is 4.19. The number of furan rings is 1. The minimum atomic E-state index is 0.0321. The van der Waals surface area contributed by atoms with E-state index in [0.717, 1.165) is 17.1 Å². The zero-order valence-electron chi connectivity index (χ0n) is 12.5. The van der Waals surface area contributed by atoms with E-state index in [1.54, 1.807) is 12.3 Å². The van der Waals surface area contributed by atoms with Crippen LogP contribution in [0.4, 0.5) is 5.82 Å². The summed E-state index contributed by atoms with van der Waals surface area (Å²) in [6.45, 7) is 0.410. The lowest BCUT2D eigenvalue weighted by Gasteiger charge is -2.09. The lowest BCUT2D eigenvalue weighted by atomic mass is 10.2. The van der Waals surface area contributed by atoms with Crippen molar-refractivity contribution in [1.29, 1.82) is 0 Å². The largest absolute Gasteiger partial charge is 0.504 e. The van der Waals surface area contributed by atoms with Crippen molar-refractivity contribution in [2.75, 3.05) is 5.32 Å². The molecule has 7 heteroatoms. The van der Waals surface area contributed by atoms with E-state index in [2.05, 4.69) is 15.6 Å². The number of aromatic hydroxyl groups is 1. The fourth-order valence-corrected chi connectivity index (χ4v) is 2.35. The number of anilines is 1. The molecule has 0 fully saturated rings. The number of halogens is 1. The summed E-state index contributed by atoms with van der Waals surface area (Å²) in [4.78, 5) is 4.00. The number of nitrogens with zero attached hydrogens (tertiary/aromatic N) is 1. The van der Waals surface area contributed by atoms with E-state index in [1.165, 1.54) is 6.07 Å². The average molecular weight is 360 g/mol. The van der Waals surface area contributed by atoms with Crippen molar-refractivity contribution in [3.05, 3.63) is 65.5 Å². The Balaban J connectivity index is 1.58. The normalized spacial score (nSPS) is 10.4. The Bertz CT molecular complexity index is 849. The molecule has 0 aliphatic carbocycles. The molecule has 0 saturated carbocycles. The zero-order chi connectivity index (χ0) is 16.9. The van der Waals surface area contributed by atoms with E-state index < -0.39 is 0 Å². The molecule has 0 radical (unpaired) electrons. The molecule has 0 unspecified atom stereocenters. The van der Waals surface area contributed by atoms with Crippen molar-refractivity contribution in [3.63, 3.8) is 0 Å². The molecule has 3 N–H and O–H groups in total. The van der Waals surface area contributed by atoms with Crippen LogP contribution in [0.1, 0.15) is 5.76 Å². The first-order valence-electron chi connectivity index (χ1n) is 7.15. The van der Waals surface area contributed by atoms with Crippen LogP contribution in [0.2, 0.25) is 5.02 Å². The Morgan fingerprint density at radius 1 is 1.17 bits per heavy atom. The van der Waals surface area contributed by atoms with Crippen molar-refractivity contribution >= 4 is 34.7 Å². The molecule has 3 rings (SSSR count). The minimum Gasteiger partial charge on any atom is -0.504 e. The Kier molecular flexibility index (Phi) is 4.98. The second-order valence-electron chi connectivity index (χ2n) is 4.95. The number of hydrogen-bond donors (Lipinski definition) is 3. The van der Waals surface area contributed by atoms with Crippen LogP contribution in [0.3, 0.4) is 0 Å². The zero-order valence-corrected chi connectivity index (χ0v) is 14.1. The molecule has 0 saturated heterocycles. The van der Waals surface area contributed by atoms with Crippen LogP contribution >= 0.6 is 23.8 Å². The maximum atomic E-state index is 9.65.